The van der Waals surface area contributed by atoms with Crippen molar-refractivity contribution >= 4 is 17.2 Å². The zero-order valence-corrected chi connectivity index (χ0v) is 25.7. The summed E-state index contributed by atoms with van der Waals surface area (Å²) in [4.78, 5) is 21.6. The van der Waals surface area contributed by atoms with E-state index in [1.807, 2.05) is 66.8 Å². The van der Waals surface area contributed by atoms with Crippen LogP contribution in [0.3, 0.4) is 0 Å². The molecule has 0 saturated heterocycles. The summed E-state index contributed by atoms with van der Waals surface area (Å²) in [5.41, 5.74) is 3.93. The second-order valence-electron chi connectivity index (χ2n) is 10.3. The van der Waals surface area contributed by atoms with Crippen LogP contribution in [0.2, 0.25) is 0 Å². The number of aromatic nitrogens is 1. The Balaban J connectivity index is 1.42. The van der Waals surface area contributed by atoms with Crippen LogP contribution in [0.4, 0.5) is 0 Å². The average Bonchev–Trinajstić information content (AvgIpc) is 3.48. The molecule has 42 heavy (non-hydrogen) atoms. The fraction of sp³-hybridized carbons (Fsp3) is 0.333. The molecule has 9 heteroatoms. The quantitative estimate of drug-likeness (QED) is 0.191. The van der Waals surface area contributed by atoms with Crippen LogP contribution in [0, 0.1) is 0 Å². The van der Waals surface area contributed by atoms with Crippen LogP contribution in [0.5, 0.6) is 17.2 Å². The van der Waals surface area contributed by atoms with Gasteiger partial charge >= 0.3 is 0 Å². The summed E-state index contributed by atoms with van der Waals surface area (Å²) in [5, 5.41) is 5.69. The average molecular weight is 589 g/mol. The highest BCUT2D eigenvalue weighted by molar-refractivity contribution is 7.09. The fourth-order valence-corrected chi connectivity index (χ4v) is 5.21. The van der Waals surface area contributed by atoms with E-state index in [1.54, 1.807) is 14.2 Å². The molecule has 1 N–H and O–H groups in total. The highest BCUT2D eigenvalue weighted by Crippen LogP contribution is 2.28. The van der Waals surface area contributed by atoms with Crippen LogP contribution in [-0.2, 0) is 26.1 Å². The van der Waals surface area contributed by atoms with Crippen LogP contribution in [0.25, 0.3) is 0 Å². The molecule has 0 bridgehead atoms. The minimum Gasteiger partial charge on any atom is -0.493 e. The van der Waals surface area contributed by atoms with E-state index in [4.69, 9.17) is 14.2 Å². The number of nitrogens with one attached hydrogen (secondary N) is 1. The van der Waals surface area contributed by atoms with Crippen LogP contribution < -0.4 is 19.5 Å². The second-order valence-corrected chi connectivity index (χ2v) is 11.2. The van der Waals surface area contributed by atoms with Crippen molar-refractivity contribution in [2.45, 2.75) is 26.1 Å². The molecule has 3 aromatic carbocycles. The smallest absolute Gasteiger partial charge is 0.270 e. The molecule has 0 aliphatic carbocycles. The van der Waals surface area contributed by atoms with Crippen molar-refractivity contribution in [3.05, 3.63) is 106 Å². The number of carbonyl (C=O) groups excluding carboxylic acids is 1. The number of hydrogen-bond donors (Lipinski definition) is 1. The van der Waals surface area contributed by atoms with Gasteiger partial charge < -0.3 is 24.4 Å². The predicted octanol–water partition coefficient (Wildman–Crippen LogP) is 5.28. The first-order valence-electron chi connectivity index (χ1n) is 14.0. The van der Waals surface area contributed by atoms with Gasteiger partial charge in [-0.15, -0.1) is 11.3 Å². The number of carbonyl (C=O) groups is 1. The van der Waals surface area contributed by atoms with Gasteiger partial charge in [-0.2, -0.15) is 0 Å². The van der Waals surface area contributed by atoms with Gasteiger partial charge in [-0.1, -0.05) is 48.5 Å². The largest absolute Gasteiger partial charge is 0.493 e. The Morgan fingerprint density at radius 3 is 2.31 bits per heavy atom. The number of methoxy groups -OCH3 is 2. The lowest BCUT2D eigenvalue weighted by atomic mass is 10.1. The van der Waals surface area contributed by atoms with Gasteiger partial charge in [-0.3, -0.25) is 9.69 Å². The Morgan fingerprint density at radius 1 is 0.857 bits per heavy atom. The van der Waals surface area contributed by atoms with E-state index in [2.05, 4.69) is 45.5 Å². The summed E-state index contributed by atoms with van der Waals surface area (Å²) in [7, 11) is 7.25. The number of benzene rings is 3. The molecule has 4 aromatic rings. The number of rotatable bonds is 16. The lowest BCUT2D eigenvalue weighted by Gasteiger charge is -2.22. The maximum Gasteiger partial charge on any atom is 0.270 e. The van der Waals surface area contributed by atoms with Gasteiger partial charge in [0.25, 0.3) is 5.91 Å². The maximum absolute atomic E-state index is 12.6. The monoisotopic (exact) mass is 588 g/mol. The number of likely N-dealkylation sites (N-methyl/N-ethyl adjacent to an activating group) is 1. The number of thiazole rings is 1. The Bertz CT molecular complexity index is 1390. The van der Waals surface area contributed by atoms with Gasteiger partial charge in [0.1, 0.15) is 23.1 Å². The molecule has 8 nitrogen and oxygen atoms in total. The number of nitrogens with zero attached hydrogens (tertiary/aromatic N) is 3. The molecule has 0 radical (unpaired) electrons. The van der Waals surface area contributed by atoms with Gasteiger partial charge in [0.05, 0.1) is 20.8 Å². The van der Waals surface area contributed by atoms with Crippen molar-refractivity contribution in [2.24, 2.45) is 0 Å². The Hall–Kier alpha value is -3.92. The lowest BCUT2D eigenvalue weighted by Crippen LogP contribution is -2.31. The SMILES string of the molecule is COc1ccc(CCN(Cc2ccc(OCc3ccccc3)cc2)Cc2nc(C(=O)NCCN(C)C)cs2)cc1OC. The fourth-order valence-electron chi connectivity index (χ4n) is 4.39. The third-order valence-corrected chi connectivity index (χ3v) is 7.56. The van der Waals surface area contributed by atoms with Gasteiger partial charge in [0, 0.05) is 31.6 Å². The topological polar surface area (TPSA) is 76.2 Å². The molecule has 0 unspecified atom stereocenters. The van der Waals surface area contributed by atoms with Crippen LogP contribution >= 0.6 is 11.3 Å². The van der Waals surface area contributed by atoms with E-state index in [0.29, 0.717) is 31.1 Å². The molecule has 4 rings (SSSR count). The van der Waals surface area contributed by atoms with Crippen molar-refractivity contribution < 1.29 is 19.0 Å². The molecule has 1 aromatic heterocycles. The molecule has 0 atom stereocenters. The van der Waals surface area contributed by atoms with E-state index in [0.717, 1.165) is 53.7 Å². The minimum atomic E-state index is -0.137. The molecule has 0 aliphatic heterocycles. The van der Waals surface area contributed by atoms with Gasteiger partial charge in [-0.25, -0.2) is 4.98 Å². The van der Waals surface area contributed by atoms with E-state index >= 15 is 0 Å². The van der Waals surface area contributed by atoms with Crippen LogP contribution in [-0.4, -0.2) is 68.6 Å². The zero-order valence-electron chi connectivity index (χ0n) is 24.8. The molecule has 1 amide bonds. The Morgan fingerprint density at radius 2 is 1.60 bits per heavy atom. The second kappa shape index (κ2) is 15.9. The van der Waals surface area contributed by atoms with Crippen LogP contribution in [0.1, 0.15) is 32.2 Å². The molecular formula is C33H40N4O4S. The Kier molecular flexibility index (Phi) is 11.8. The first kappa shape index (κ1) is 31.0. The highest BCUT2D eigenvalue weighted by atomic mass is 32.1. The van der Waals surface area contributed by atoms with E-state index in [1.165, 1.54) is 16.9 Å². The highest BCUT2D eigenvalue weighted by Gasteiger charge is 2.15. The first-order valence-corrected chi connectivity index (χ1v) is 14.9. The summed E-state index contributed by atoms with van der Waals surface area (Å²) >= 11 is 1.52. The molecular weight excluding hydrogens is 548 g/mol. The Labute approximate surface area is 252 Å². The summed E-state index contributed by atoms with van der Waals surface area (Å²) in [5.74, 6) is 2.14. The predicted molar refractivity (Wildman–Crippen MR) is 168 cm³/mol. The molecule has 0 aliphatic rings. The van der Waals surface area contributed by atoms with Crippen molar-refractivity contribution in [1.82, 2.24) is 20.1 Å². The van der Waals surface area contributed by atoms with Gasteiger partial charge in [-0.05, 0) is 61.5 Å². The standard InChI is InChI=1S/C33H40N4O4S/c1-36(2)19-17-34-33(38)29-24-42-32(35-29)22-37(18-16-25-12-15-30(39-3)31(20-25)40-4)21-26-10-13-28(14-11-26)41-23-27-8-6-5-7-9-27/h5-15,20,24H,16-19,21-23H2,1-4H3,(H,34,38). The van der Waals surface area contributed by atoms with Crippen molar-refractivity contribution in [2.75, 3.05) is 47.9 Å². The summed E-state index contributed by atoms with van der Waals surface area (Å²) in [6.45, 7) is 4.06. The number of ether oxygens (including phenoxy) is 3. The van der Waals surface area contributed by atoms with Crippen LogP contribution in [0.15, 0.2) is 78.2 Å². The normalized spacial score (nSPS) is 11.1. The zero-order chi connectivity index (χ0) is 29.7. The van der Waals surface area contributed by atoms with E-state index < -0.39 is 0 Å². The maximum atomic E-state index is 12.6. The van der Waals surface area contributed by atoms with Crippen molar-refractivity contribution in [3.8, 4) is 17.2 Å². The van der Waals surface area contributed by atoms with Gasteiger partial charge in [0.2, 0.25) is 0 Å². The van der Waals surface area contributed by atoms with Gasteiger partial charge in [0.15, 0.2) is 11.5 Å². The molecule has 222 valence electrons. The molecule has 0 spiro atoms. The molecule has 1 heterocycles. The van der Waals surface area contributed by atoms with E-state index in [-0.39, 0.29) is 5.91 Å². The lowest BCUT2D eigenvalue weighted by molar-refractivity contribution is 0.0946. The summed E-state index contributed by atoms with van der Waals surface area (Å²) in [6, 6.07) is 24.4. The molecule has 0 saturated carbocycles. The summed E-state index contributed by atoms with van der Waals surface area (Å²) in [6.07, 6.45) is 0.821. The van der Waals surface area contributed by atoms with E-state index in [9.17, 15) is 4.79 Å². The third kappa shape index (κ3) is 9.58. The van der Waals surface area contributed by atoms with Crippen molar-refractivity contribution in [3.63, 3.8) is 0 Å². The van der Waals surface area contributed by atoms with Crippen molar-refractivity contribution in [1.29, 1.82) is 0 Å². The number of amides is 1. The minimum absolute atomic E-state index is 0.137. The number of hydrogen-bond acceptors (Lipinski definition) is 8. The summed E-state index contributed by atoms with van der Waals surface area (Å²) < 4.78 is 16.9. The first-order chi connectivity index (χ1) is 20.4. The third-order valence-electron chi connectivity index (χ3n) is 6.73. The molecule has 0 fully saturated rings.